The number of hydrogen-bond acceptors (Lipinski definition) is 2. The van der Waals surface area contributed by atoms with E-state index in [1.165, 1.54) is 25.7 Å². The maximum Gasteiger partial charge on any atom is 0.253 e. The molecule has 2 aliphatic rings. The van der Waals surface area contributed by atoms with Gasteiger partial charge in [0.1, 0.15) is 0 Å². The SMILES string of the molecule is COC(C(=O)NC(C1CC1)C1CC1)c1ccccc1. The van der Waals surface area contributed by atoms with Gasteiger partial charge in [-0.1, -0.05) is 30.3 Å². The fourth-order valence-electron chi connectivity index (χ4n) is 2.79. The van der Waals surface area contributed by atoms with E-state index >= 15 is 0 Å². The van der Waals surface area contributed by atoms with E-state index in [0.29, 0.717) is 17.9 Å². The molecule has 1 atom stereocenters. The zero-order valence-corrected chi connectivity index (χ0v) is 11.3. The van der Waals surface area contributed by atoms with Crippen LogP contribution in [0.25, 0.3) is 0 Å². The Morgan fingerprint density at radius 2 is 1.74 bits per heavy atom. The third kappa shape index (κ3) is 2.98. The van der Waals surface area contributed by atoms with E-state index in [4.69, 9.17) is 4.74 Å². The Kier molecular flexibility index (Phi) is 3.56. The molecule has 1 aromatic rings. The Morgan fingerprint density at radius 1 is 1.16 bits per heavy atom. The molecule has 19 heavy (non-hydrogen) atoms. The molecule has 0 spiro atoms. The highest BCUT2D eigenvalue weighted by Gasteiger charge is 2.42. The maximum atomic E-state index is 12.4. The molecule has 2 fully saturated rings. The first-order valence-corrected chi connectivity index (χ1v) is 7.17. The minimum Gasteiger partial charge on any atom is -0.367 e. The van der Waals surface area contributed by atoms with Gasteiger partial charge in [0.25, 0.3) is 5.91 Å². The van der Waals surface area contributed by atoms with Crippen molar-refractivity contribution in [1.82, 2.24) is 5.32 Å². The van der Waals surface area contributed by atoms with Crippen LogP contribution in [0, 0.1) is 11.8 Å². The summed E-state index contributed by atoms with van der Waals surface area (Å²) in [5.41, 5.74) is 0.924. The lowest BCUT2D eigenvalue weighted by Gasteiger charge is -2.22. The average Bonchev–Trinajstić information content (AvgIpc) is 3.30. The third-order valence-electron chi connectivity index (χ3n) is 4.14. The van der Waals surface area contributed by atoms with Crippen molar-refractivity contribution in [2.75, 3.05) is 7.11 Å². The third-order valence-corrected chi connectivity index (χ3v) is 4.14. The van der Waals surface area contributed by atoms with Gasteiger partial charge in [0, 0.05) is 13.2 Å². The first-order valence-electron chi connectivity index (χ1n) is 7.17. The summed E-state index contributed by atoms with van der Waals surface area (Å²) in [7, 11) is 1.60. The van der Waals surface area contributed by atoms with E-state index < -0.39 is 6.10 Å². The zero-order chi connectivity index (χ0) is 13.2. The molecule has 2 aliphatic carbocycles. The molecule has 0 saturated heterocycles. The molecule has 3 heteroatoms. The number of amides is 1. The summed E-state index contributed by atoms with van der Waals surface area (Å²) in [6.07, 6.45) is 4.59. The van der Waals surface area contributed by atoms with E-state index in [1.54, 1.807) is 7.11 Å². The van der Waals surface area contributed by atoms with Crippen LogP contribution in [0.15, 0.2) is 30.3 Å². The van der Waals surface area contributed by atoms with Gasteiger partial charge < -0.3 is 10.1 Å². The van der Waals surface area contributed by atoms with Gasteiger partial charge in [0.15, 0.2) is 6.10 Å². The quantitative estimate of drug-likeness (QED) is 0.853. The second-order valence-electron chi connectivity index (χ2n) is 5.74. The largest absolute Gasteiger partial charge is 0.367 e. The highest BCUT2D eigenvalue weighted by Crippen LogP contribution is 2.44. The van der Waals surface area contributed by atoms with Crippen LogP contribution in [-0.4, -0.2) is 19.1 Å². The molecule has 3 nitrogen and oxygen atoms in total. The predicted octanol–water partition coefficient (Wildman–Crippen LogP) is 2.68. The number of methoxy groups -OCH3 is 1. The number of benzene rings is 1. The van der Waals surface area contributed by atoms with Gasteiger partial charge in [-0.25, -0.2) is 0 Å². The lowest BCUT2D eigenvalue weighted by molar-refractivity contribution is -0.132. The van der Waals surface area contributed by atoms with Crippen molar-refractivity contribution in [2.45, 2.75) is 37.8 Å². The van der Waals surface area contributed by atoms with Crippen LogP contribution in [0.5, 0.6) is 0 Å². The number of rotatable bonds is 6. The molecule has 0 aromatic heterocycles. The Hall–Kier alpha value is -1.35. The zero-order valence-electron chi connectivity index (χ0n) is 11.3. The van der Waals surface area contributed by atoms with Crippen molar-refractivity contribution in [2.24, 2.45) is 11.8 Å². The van der Waals surface area contributed by atoms with Gasteiger partial charge in [0.05, 0.1) is 0 Å². The highest BCUT2D eigenvalue weighted by molar-refractivity contribution is 5.82. The summed E-state index contributed by atoms with van der Waals surface area (Å²) >= 11 is 0. The Balaban J connectivity index is 1.67. The number of hydrogen-bond donors (Lipinski definition) is 1. The van der Waals surface area contributed by atoms with Crippen LogP contribution in [0.4, 0.5) is 0 Å². The highest BCUT2D eigenvalue weighted by atomic mass is 16.5. The van der Waals surface area contributed by atoms with Crippen molar-refractivity contribution >= 4 is 5.91 Å². The van der Waals surface area contributed by atoms with Crippen LogP contribution >= 0.6 is 0 Å². The monoisotopic (exact) mass is 259 g/mol. The molecule has 1 unspecified atom stereocenters. The molecule has 0 aliphatic heterocycles. The van der Waals surface area contributed by atoms with Gasteiger partial charge in [-0.05, 0) is 43.1 Å². The maximum absolute atomic E-state index is 12.4. The molecule has 1 N–H and O–H groups in total. The lowest BCUT2D eigenvalue weighted by atomic mass is 10.0. The Morgan fingerprint density at radius 3 is 2.21 bits per heavy atom. The van der Waals surface area contributed by atoms with E-state index in [2.05, 4.69) is 5.32 Å². The van der Waals surface area contributed by atoms with Crippen LogP contribution in [-0.2, 0) is 9.53 Å². The minimum absolute atomic E-state index is 0.0116. The second-order valence-corrected chi connectivity index (χ2v) is 5.74. The molecule has 1 aromatic carbocycles. The van der Waals surface area contributed by atoms with Crippen LogP contribution < -0.4 is 5.32 Å². The second kappa shape index (κ2) is 5.33. The topological polar surface area (TPSA) is 38.3 Å². The average molecular weight is 259 g/mol. The predicted molar refractivity (Wildman–Crippen MR) is 73.6 cm³/mol. The first kappa shape index (κ1) is 12.7. The molecule has 3 rings (SSSR count). The summed E-state index contributed by atoms with van der Waals surface area (Å²) in [5, 5.41) is 3.23. The van der Waals surface area contributed by atoms with Crippen LogP contribution in [0.3, 0.4) is 0 Å². The van der Waals surface area contributed by atoms with Gasteiger partial charge in [0.2, 0.25) is 0 Å². The fourth-order valence-corrected chi connectivity index (χ4v) is 2.79. The number of carbonyl (C=O) groups excluding carboxylic acids is 1. The van der Waals surface area contributed by atoms with Gasteiger partial charge in [-0.2, -0.15) is 0 Å². The van der Waals surface area contributed by atoms with E-state index in [0.717, 1.165) is 5.56 Å². The number of carbonyl (C=O) groups is 1. The Bertz CT molecular complexity index is 425. The first-order chi connectivity index (χ1) is 9.29. The van der Waals surface area contributed by atoms with Crippen LogP contribution in [0.1, 0.15) is 37.4 Å². The van der Waals surface area contributed by atoms with Crippen molar-refractivity contribution in [3.8, 4) is 0 Å². The Labute approximate surface area is 114 Å². The summed E-state index contributed by atoms with van der Waals surface area (Å²) in [6.45, 7) is 0. The fraction of sp³-hybridized carbons (Fsp3) is 0.562. The molecule has 0 heterocycles. The van der Waals surface area contributed by atoms with Crippen molar-refractivity contribution in [3.63, 3.8) is 0 Å². The molecule has 0 radical (unpaired) electrons. The van der Waals surface area contributed by atoms with E-state index in [9.17, 15) is 4.79 Å². The van der Waals surface area contributed by atoms with Gasteiger partial charge >= 0.3 is 0 Å². The molecule has 1 amide bonds. The molecular weight excluding hydrogens is 238 g/mol. The van der Waals surface area contributed by atoms with Crippen LogP contribution in [0.2, 0.25) is 0 Å². The van der Waals surface area contributed by atoms with Crippen molar-refractivity contribution in [3.05, 3.63) is 35.9 Å². The molecule has 2 saturated carbocycles. The van der Waals surface area contributed by atoms with Gasteiger partial charge in [-0.3, -0.25) is 4.79 Å². The smallest absolute Gasteiger partial charge is 0.253 e. The minimum atomic E-state index is -0.485. The van der Waals surface area contributed by atoms with E-state index in [-0.39, 0.29) is 5.91 Å². The summed E-state index contributed by atoms with van der Waals surface area (Å²) < 4.78 is 5.39. The summed E-state index contributed by atoms with van der Waals surface area (Å²) in [6, 6.07) is 10.1. The number of nitrogens with one attached hydrogen (secondary N) is 1. The standard InChI is InChI=1S/C16H21NO2/c1-19-15(13-5-3-2-4-6-13)16(18)17-14(11-7-8-11)12-9-10-12/h2-6,11-12,14-15H,7-10H2,1H3,(H,17,18). The molecule has 0 bridgehead atoms. The molecular formula is C16H21NO2. The van der Waals surface area contributed by atoms with Crippen molar-refractivity contribution in [1.29, 1.82) is 0 Å². The normalized spacial score (nSPS) is 20.3. The molecule has 102 valence electrons. The van der Waals surface area contributed by atoms with Crippen molar-refractivity contribution < 1.29 is 9.53 Å². The summed E-state index contributed by atoms with van der Waals surface area (Å²) in [4.78, 5) is 12.4. The number of ether oxygens (including phenoxy) is 1. The summed E-state index contributed by atoms with van der Waals surface area (Å²) in [5.74, 6) is 1.44. The lowest BCUT2D eigenvalue weighted by Crippen LogP contribution is -2.41. The van der Waals surface area contributed by atoms with Gasteiger partial charge in [-0.15, -0.1) is 0 Å². The van der Waals surface area contributed by atoms with E-state index in [1.807, 2.05) is 30.3 Å².